The third-order valence-corrected chi connectivity index (χ3v) is 6.78. The van der Waals surface area contributed by atoms with Crippen LogP contribution in [0.1, 0.15) is 36.8 Å². The molecule has 0 aromatic heterocycles. The van der Waals surface area contributed by atoms with Crippen LogP contribution in [0.2, 0.25) is 0 Å². The molecule has 1 N–H and O–H groups in total. The van der Waals surface area contributed by atoms with Crippen LogP contribution in [0.3, 0.4) is 0 Å². The molecule has 0 atom stereocenters. The number of aliphatic imine (C=N–C) groups is 1. The molecule has 0 radical (unpaired) electrons. The summed E-state index contributed by atoms with van der Waals surface area (Å²) in [5.74, 6) is 1.01. The maximum absolute atomic E-state index is 13.9. The SMILES string of the molecule is Cc1cccc(C2=C(C3=CN4NCN=C4C=C3)OC3(CCC4(CC3)OCCO4)C2=O)c1. The Morgan fingerprint density at radius 2 is 1.90 bits per heavy atom. The van der Waals surface area contributed by atoms with Crippen molar-refractivity contribution in [2.75, 3.05) is 19.9 Å². The van der Waals surface area contributed by atoms with E-state index >= 15 is 0 Å². The number of benzene rings is 1. The van der Waals surface area contributed by atoms with Gasteiger partial charge < -0.3 is 14.2 Å². The standard InChI is InChI=1S/C24H25N3O4/c1-16-3-2-4-17(13-16)20-21(18-5-6-19-25-15-26-27(19)14-18)31-23(22(20)28)7-9-24(10-8-23)29-11-12-30-24/h2-6,13-14,26H,7-12,15H2,1H3. The molecule has 2 spiro atoms. The fourth-order valence-electron chi connectivity index (χ4n) is 5.11. The Morgan fingerprint density at radius 3 is 2.68 bits per heavy atom. The number of carbonyl (C=O) groups is 1. The molecule has 0 bridgehead atoms. The highest BCUT2D eigenvalue weighted by Crippen LogP contribution is 2.50. The molecule has 4 aliphatic heterocycles. The van der Waals surface area contributed by atoms with Crippen molar-refractivity contribution in [3.63, 3.8) is 0 Å². The van der Waals surface area contributed by atoms with Crippen LogP contribution in [-0.4, -0.2) is 47.9 Å². The second-order valence-corrected chi connectivity index (χ2v) is 8.73. The third kappa shape index (κ3) is 2.99. The number of ether oxygens (including phenoxy) is 3. The highest BCUT2D eigenvalue weighted by Gasteiger charge is 2.56. The van der Waals surface area contributed by atoms with Crippen LogP contribution in [0.4, 0.5) is 0 Å². The summed E-state index contributed by atoms with van der Waals surface area (Å²) in [6, 6.07) is 8.07. The van der Waals surface area contributed by atoms with Gasteiger partial charge in [0.2, 0.25) is 5.78 Å². The Balaban J connectivity index is 1.39. The number of ketones is 1. The van der Waals surface area contributed by atoms with Gasteiger partial charge in [-0.1, -0.05) is 29.8 Å². The molecule has 2 fully saturated rings. The summed E-state index contributed by atoms with van der Waals surface area (Å²) < 4.78 is 18.4. The van der Waals surface area contributed by atoms with Gasteiger partial charge >= 0.3 is 0 Å². The minimum Gasteiger partial charge on any atom is -0.478 e. The van der Waals surface area contributed by atoms with Crippen LogP contribution in [-0.2, 0) is 19.0 Å². The fourth-order valence-corrected chi connectivity index (χ4v) is 5.11. The van der Waals surface area contributed by atoms with Gasteiger partial charge in [-0.25, -0.2) is 10.4 Å². The number of hydrazine groups is 1. The minimum atomic E-state index is -0.865. The molecule has 1 saturated heterocycles. The van der Waals surface area contributed by atoms with E-state index in [2.05, 4.69) is 16.5 Å². The van der Waals surface area contributed by atoms with Gasteiger partial charge in [0.05, 0.1) is 18.8 Å². The first-order valence-corrected chi connectivity index (χ1v) is 10.9. The smallest absolute Gasteiger partial charge is 0.210 e. The Kier molecular flexibility index (Phi) is 4.21. The molecular formula is C24H25N3O4. The normalized spacial score (nSPS) is 25.8. The quantitative estimate of drug-likeness (QED) is 0.795. The Labute approximate surface area is 181 Å². The average Bonchev–Trinajstić information content (AvgIpc) is 3.49. The predicted molar refractivity (Wildman–Crippen MR) is 115 cm³/mol. The second kappa shape index (κ2) is 6.88. The number of fused-ring (bicyclic) bond motifs is 1. The second-order valence-electron chi connectivity index (χ2n) is 8.73. The largest absolute Gasteiger partial charge is 0.478 e. The molecule has 1 aromatic carbocycles. The van der Waals surface area contributed by atoms with E-state index in [4.69, 9.17) is 14.2 Å². The first-order valence-electron chi connectivity index (χ1n) is 10.9. The number of nitrogens with zero attached hydrogens (tertiary/aromatic N) is 2. The van der Waals surface area contributed by atoms with Gasteiger partial charge in [-0.3, -0.25) is 9.80 Å². The van der Waals surface area contributed by atoms with E-state index in [-0.39, 0.29) is 5.78 Å². The van der Waals surface area contributed by atoms with Crippen molar-refractivity contribution in [2.24, 2.45) is 4.99 Å². The number of Topliss-reactive ketones (excluding diaryl/α,β-unsaturated/α-hetero) is 1. The first kappa shape index (κ1) is 19.0. The summed E-state index contributed by atoms with van der Waals surface area (Å²) in [4.78, 5) is 18.3. The summed E-state index contributed by atoms with van der Waals surface area (Å²) in [6.07, 6.45) is 8.36. The number of aryl methyl sites for hydroxylation is 1. The van der Waals surface area contributed by atoms with Crippen molar-refractivity contribution in [2.45, 2.75) is 44.0 Å². The van der Waals surface area contributed by atoms with E-state index in [9.17, 15) is 4.79 Å². The maximum Gasteiger partial charge on any atom is 0.210 e. The van der Waals surface area contributed by atoms with Crippen molar-refractivity contribution < 1.29 is 19.0 Å². The molecule has 1 aromatic rings. The van der Waals surface area contributed by atoms with Crippen LogP contribution in [0.15, 0.2) is 58.9 Å². The van der Waals surface area contributed by atoms with Crippen LogP contribution in [0.5, 0.6) is 0 Å². The molecule has 160 valence electrons. The highest BCUT2D eigenvalue weighted by molar-refractivity contribution is 6.27. The summed E-state index contributed by atoms with van der Waals surface area (Å²) in [5, 5.41) is 1.88. The summed E-state index contributed by atoms with van der Waals surface area (Å²) >= 11 is 0. The molecule has 1 aliphatic carbocycles. The topological polar surface area (TPSA) is 72.4 Å². The highest BCUT2D eigenvalue weighted by atomic mass is 16.7. The van der Waals surface area contributed by atoms with E-state index in [0.29, 0.717) is 56.9 Å². The molecule has 6 rings (SSSR count). The van der Waals surface area contributed by atoms with Gasteiger partial charge in [0.1, 0.15) is 18.3 Å². The predicted octanol–water partition coefficient (Wildman–Crippen LogP) is 2.99. The van der Waals surface area contributed by atoms with Crippen LogP contribution < -0.4 is 5.43 Å². The van der Waals surface area contributed by atoms with Gasteiger partial charge in [0, 0.05) is 24.6 Å². The minimum absolute atomic E-state index is 0.0593. The molecule has 31 heavy (non-hydrogen) atoms. The molecular weight excluding hydrogens is 394 g/mol. The molecule has 5 aliphatic rings. The zero-order chi connectivity index (χ0) is 21.1. The van der Waals surface area contributed by atoms with Crippen molar-refractivity contribution in [3.05, 3.63) is 65.1 Å². The van der Waals surface area contributed by atoms with Crippen LogP contribution >= 0.6 is 0 Å². The first-order chi connectivity index (χ1) is 15.1. The number of hydrogen-bond acceptors (Lipinski definition) is 7. The van der Waals surface area contributed by atoms with E-state index in [1.807, 2.05) is 48.5 Å². The molecule has 0 amide bonds. The van der Waals surface area contributed by atoms with Crippen molar-refractivity contribution in [1.29, 1.82) is 0 Å². The van der Waals surface area contributed by atoms with E-state index < -0.39 is 11.4 Å². The number of rotatable bonds is 2. The number of allylic oxidation sites excluding steroid dienone is 1. The number of amidine groups is 1. The van der Waals surface area contributed by atoms with Gasteiger partial charge in [-0.05, 0) is 37.5 Å². The number of hydrogen-bond donors (Lipinski definition) is 1. The molecule has 0 unspecified atom stereocenters. The molecule has 7 heteroatoms. The van der Waals surface area contributed by atoms with Crippen molar-refractivity contribution >= 4 is 17.2 Å². The lowest BCUT2D eigenvalue weighted by atomic mass is 9.77. The van der Waals surface area contributed by atoms with Gasteiger partial charge in [-0.2, -0.15) is 0 Å². The number of nitrogens with one attached hydrogen (secondary N) is 1. The van der Waals surface area contributed by atoms with Gasteiger partial charge in [0.25, 0.3) is 0 Å². The van der Waals surface area contributed by atoms with E-state index in [0.717, 1.165) is 22.5 Å². The van der Waals surface area contributed by atoms with E-state index in [1.54, 1.807) is 0 Å². The molecule has 4 heterocycles. The molecule has 1 saturated carbocycles. The lowest BCUT2D eigenvalue weighted by Crippen LogP contribution is -2.47. The monoisotopic (exact) mass is 419 g/mol. The zero-order valence-corrected chi connectivity index (χ0v) is 17.5. The van der Waals surface area contributed by atoms with Crippen LogP contribution in [0, 0.1) is 6.92 Å². The Hall–Kier alpha value is -2.74. The number of carbonyl (C=O) groups excluding carboxylic acids is 1. The lowest BCUT2D eigenvalue weighted by molar-refractivity contribution is -0.201. The van der Waals surface area contributed by atoms with Crippen LogP contribution in [0.25, 0.3) is 5.57 Å². The summed E-state index contributed by atoms with van der Waals surface area (Å²) in [6.45, 7) is 3.81. The fraction of sp³-hybridized carbons (Fsp3) is 0.417. The third-order valence-electron chi connectivity index (χ3n) is 6.78. The van der Waals surface area contributed by atoms with Crippen molar-refractivity contribution in [1.82, 2.24) is 10.4 Å². The van der Waals surface area contributed by atoms with Gasteiger partial charge in [-0.15, -0.1) is 0 Å². The maximum atomic E-state index is 13.9. The zero-order valence-electron chi connectivity index (χ0n) is 17.5. The Morgan fingerprint density at radius 1 is 1.10 bits per heavy atom. The molecule has 7 nitrogen and oxygen atoms in total. The average molecular weight is 419 g/mol. The summed E-state index contributed by atoms with van der Waals surface area (Å²) in [5.41, 5.74) is 5.86. The van der Waals surface area contributed by atoms with Gasteiger partial charge in [0.15, 0.2) is 11.4 Å². The Bertz CT molecular complexity index is 1070. The summed E-state index contributed by atoms with van der Waals surface area (Å²) in [7, 11) is 0. The van der Waals surface area contributed by atoms with Crippen molar-refractivity contribution in [3.8, 4) is 0 Å². The van der Waals surface area contributed by atoms with E-state index in [1.165, 1.54) is 0 Å². The lowest BCUT2D eigenvalue weighted by Gasteiger charge is -2.40.